The van der Waals surface area contributed by atoms with E-state index in [1.165, 1.54) is 16.7 Å². The fourth-order valence-corrected chi connectivity index (χ4v) is 5.87. The second-order valence-corrected chi connectivity index (χ2v) is 11.1. The topological polar surface area (TPSA) is 68.5 Å². The summed E-state index contributed by atoms with van der Waals surface area (Å²) in [6, 6.07) is 13.1. The summed E-state index contributed by atoms with van der Waals surface area (Å²) in [6.07, 6.45) is 4.30. The molecule has 0 amide bonds. The highest BCUT2D eigenvalue weighted by atomic mass is 32.2. The second-order valence-electron chi connectivity index (χ2n) is 8.93. The number of aromatic nitrogens is 1. The Morgan fingerprint density at radius 1 is 1.00 bits per heavy atom. The number of benzene rings is 2. The molecule has 1 aromatic heterocycles. The number of rotatable bonds is 7. The van der Waals surface area contributed by atoms with Crippen molar-refractivity contribution in [2.45, 2.75) is 44.9 Å². The molecule has 0 unspecified atom stereocenters. The van der Waals surface area contributed by atoms with E-state index in [4.69, 9.17) is 4.99 Å². The van der Waals surface area contributed by atoms with Crippen LogP contribution in [0.4, 0.5) is 4.39 Å². The fraction of sp³-hybridized carbons (Fsp3) is 0.333. The van der Waals surface area contributed by atoms with Crippen LogP contribution in [0.15, 0.2) is 64.5 Å². The molecule has 3 aromatic rings. The van der Waals surface area contributed by atoms with Gasteiger partial charge < -0.3 is 4.57 Å². The Balaban J connectivity index is 1.87. The number of fused-ring (bicyclic) bond motifs is 3. The average molecular weight is 481 g/mol. The van der Waals surface area contributed by atoms with E-state index in [2.05, 4.69) is 0 Å². The van der Waals surface area contributed by atoms with Gasteiger partial charge in [0.15, 0.2) is 9.84 Å². The van der Waals surface area contributed by atoms with Crippen LogP contribution < -0.4 is 5.56 Å². The van der Waals surface area contributed by atoms with Crippen molar-refractivity contribution < 1.29 is 12.8 Å². The molecule has 1 atom stereocenters. The van der Waals surface area contributed by atoms with Crippen LogP contribution in [0.5, 0.6) is 0 Å². The van der Waals surface area contributed by atoms with Gasteiger partial charge in [-0.3, -0.25) is 9.79 Å². The van der Waals surface area contributed by atoms with E-state index in [0.717, 1.165) is 40.7 Å². The summed E-state index contributed by atoms with van der Waals surface area (Å²) >= 11 is 0. The Hall–Kier alpha value is -3.06. The molecule has 1 aliphatic heterocycles. The zero-order valence-corrected chi connectivity index (χ0v) is 20.5. The molecule has 34 heavy (non-hydrogen) atoms. The zero-order valence-electron chi connectivity index (χ0n) is 19.7. The minimum absolute atomic E-state index is 0.0380. The molecule has 5 nitrogen and oxygen atoms in total. The molecule has 0 N–H and O–H groups in total. The van der Waals surface area contributed by atoms with E-state index < -0.39 is 9.84 Å². The lowest BCUT2D eigenvalue weighted by molar-refractivity contribution is 0.590. The molecule has 7 heteroatoms. The number of aryl methyl sites for hydroxylation is 1. The SMILES string of the molecule is CCCCCS(=O)(=O)Cc1ccc2c(c1)-c1cn(C)c(=O)cc1[C@@H](C)N=C2c1ccc(F)cc1. The van der Waals surface area contributed by atoms with Gasteiger partial charge in [-0.2, -0.15) is 0 Å². The van der Waals surface area contributed by atoms with E-state index in [0.29, 0.717) is 17.7 Å². The van der Waals surface area contributed by atoms with Crippen LogP contribution in [0.2, 0.25) is 0 Å². The number of halogens is 1. The zero-order chi connectivity index (χ0) is 24.5. The van der Waals surface area contributed by atoms with Crippen molar-refractivity contribution in [1.29, 1.82) is 0 Å². The Morgan fingerprint density at radius 3 is 2.44 bits per heavy atom. The number of pyridine rings is 1. The Morgan fingerprint density at radius 2 is 1.74 bits per heavy atom. The van der Waals surface area contributed by atoms with Gasteiger partial charge in [0.2, 0.25) is 0 Å². The van der Waals surface area contributed by atoms with Crippen molar-refractivity contribution in [3.05, 3.63) is 93.2 Å². The molecule has 1 aliphatic rings. The van der Waals surface area contributed by atoms with Gasteiger partial charge in [0.1, 0.15) is 5.82 Å². The summed E-state index contributed by atoms with van der Waals surface area (Å²) in [6.45, 7) is 3.97. The third kappa shape index (κ3) is 5.04. The lowest BCUT2D eigenvalue weighted by Crippen LogP contribution is -2.17. The fourth-order valence-electron chi connectivity index (χ4n) is 4.39. The van der Waals surface area contributed by atoms with Gasteiger partial charge in [-0.05, 0) is 60.4 Å². The number of nitrogens with zero attached hydrogens (tertiary/aromatic N) is 2. The molecule has 0 radical (unpaired) electrons. The van der Waals surface area contributed by atoms with Crippen molar-refractivity contribution in [2.24, 2.45) is 12.0 Å². The molecule has 0 saturated carbocycles. The standard InChI is InChI=1S/C27H29FN2O3S/c1-4-5-6-13-34(32,33)17-19-7-12-22-24(14-19)25-16-30(3)26(31)15-23(25)18(2)29-27(22)20-8-10-21(28)11-9-20/h7-12,14-16,18H,4-6,13,17H2,1-3H3/t18-/m1/s1. The number of unbranched alkanes of at least 4 members (excludes halogenated alkanes) is 2. The monoisotopic (exact) mass is 480 g/mol. The van der Waals surface area contributed by atoms with Crippen molar-refractivity contribution in [3.8, 4) is 11.1 Å². The van der Waals surface area contributed by atoms with E-state index in [-0.39, 0.29) is 28.9 Å². The van der Waals surface area contributed by atoms with Crippen molar-refractivity contribution in [1.82, 2.24) is 4.57 Å². The predicted molar refractivity (Wildman–Crippen MR) is 135 cm³/mol. The van der Waals surface area contributed by atoms with Crippen LogP contribution in [-0.4, -0.2) is 24.4 Å². The molecule has 0 spiro atoms. The van der Waals surface area contributed by atoms with Gasteiger partial charge in [0.05, 0.1) is 23.3 Å². The van der Waals surface area contributed by atoms with E-state index in [1.54, 1.807) is 31.4 Å². The van der Waals surface area contributed by atoms with Gasteiger partial charge in [-0.15, -0.1) is 0 Å². The minimum Gasteiger partial charge on any atom is -0.318 e. The molecule has 2 heterocycles. The second kappa shape index (κ2) is 9.66. The van der Waals surface area contributed by atoms with Crippen LogP contribution in [0.25, 0.3) is 11.1 Å². The maximum absolute atomic E-state index is 13.6. The first-order valence-corrected chi connectivity index (χ1v) is 13.4. The van der Waals surface area contributed by atoms with Gasteiger partial charge in [0, 0.05) is 36.0 Å². The maximum Gasteiger partial charge on any atom is 0.250 e. The number of hydrogen-bond donors (Lipinski definition) is 0. The first-order chi connectivity index (χ1) is 16.2. The highest BCUT2D eigenvalue weighted by Crippen LogP contribution is 2.37. The van der Waals surface area contributed by atoms with Crippen LogP contribution in [0, 0.1) is 5.82 Å². The Bertz CT molecular complexity index is 1410. The summed E-state index contributed by atoms with van der Waals surface area (Å²) < 4.78 is 40.6. The molecule has 4 rings (SSSR count). The van der Waals surface area contributed by atoms with Crippen LogP contribution in [-0.2, 0) is 22.6 Å². The smallest absolute Gasteiger partial charge is 0.250 e. The molecule has 2 aromatic carbocycles. The third-order valence-electron chi connectivity index (χ3n) is 6.23. The van der Waals surface area contributed by atoms with E-state index >= 15 is 0 Å². The van der Waals surface area contributed by atoms with Crippen molar-refractivity contribution in [3.63, 3.8) is 0 Å². The summed E-state index contributed by atoms with van der Waals surface area (Å²) in [5.74, 6) is -0.201. The van der Waals surface area contributed by atoms with Gasteiger partial charge in [-0.25, -0.2) is 12.8 Å². The maximum atomic E-state index is 13.6. The Kier molecular flexibility index (Phi) is 6.84. The first-order valence-electron chi connectivity index (χ1n) is 11.6. The molecule has 178 valence electrons. The summed E-state index contributed by atoms with van der Waals surface area (Å²) in [7, 11) is -1.55. The molecular weight excluding hydrogens is 451 g/mol. The van der Waals surface area contributed by atoms with E-state index in [1.807, 2.05) is 32.0 Å². The number of sulfone groups is 1. The molecule has 0 saturated heterocycles. The first kappa shape index (κ1) is 24.1. The summed E-state index contributed by atoms with van der Waals surface area (Å²) in [4.78, 5) is 17.3. The van der Waals surface area contributed by atoms with Gasteiger partial charge >= 0.3 is 0 Å². The normalized spacial score (nSPS) is 15.3. The van der Waals surface area contributed by atoms with Gasteiger partial charge in [-0.1, -0.05) is 31.9 Å². The predicted octanol–water partition coefficient (Wildman–Crippen LogP) is 5.21. The average Bonchev–Trinajstić information content (AvgIpc) is 2.90. The summed E-state index contributed by atoms with van der Waals surface area (Å²) in [5, 5.41) is 0. The molecule has 0 bridgehead atoms. The number of hydrogen-bond acceptors (Lipinski definition) is 4. The largest absolute Gasteiger partial charge is 0.318 e. The lowest BCUT2D eigenvalue weighted by atomic mass is 9.91. The highest BCUT2D eigenvalue weighted by molar-refractivity contribution is 7.90. The van der Waals surface area contributed by atoms with Crippen LogP contribution >= 0.6 is 0 Å². The molecular formula is C27H29FN2O3S. The highest BCUT2D eigenvalue weighted by Gasteiger charge is 2.25. The van der Waals surface area contributed by atoms with E-state index in [9.17, 15) is 17.6 Å². The Labute approximate surface area is 199 Å². The van der Waals surface area contributed by atoms with Gasteiger partial charge in [0.25, 0.3) is 5.56 Å². The van der Waals surface area contributed by atoms with Crippen molar-refractivity contribution in [2.75, 3.05) is 5.75 Å². The molecule has 0 aliphatic carbocycles. The van der Waals surface area contributed by atoms with Crippen LogP contribution in [0.3, 0.4) is 0 Å². The molecule has 0 fully saturated rings. The third-order valence-corrected chi connectivity index (χ3v) is 7.91. The van der Waals surface area contributed by atoms with Crippen molar-refractivity contribution >= 4 is 15.5 Å². The number of aliphatic imine (C=N–C) groups is 1. The quantitative estimate of drug-likeness (QED) is 0.436. The lowest BCUT2D eigenvalue weighted by Gasteiger charge is -2.15. The van der Waals surface area contributed by atoms with Crippen LogP contribution in [0.1, 0.15) is 61.4 Å². The minimum atomic E-state index is -3.24. The summed E-state index contributed by atoms with van der Waals surface area (Å²) in [5.41, 5.74) is 5.27.